The average molecular weight is 345 g/mol. The van der Waals surface area contributed by atoms with E-state index in [9.17, 15) is 8.42 Å². The van der Waals surface area contributed by atoms with Gasteiger partial charge in [0.1, 0.15) is 0 Å². The second kappa shape index (κ2) is 5.59. The lowest BCUT2D eigenvalue weighted by Gasteiger charge is -2.14. The highest BCUT2D eigenvalue weighted by atomic mass is 35.5. The maximum absolute atomic E-state index is 12.4. The summed E-state index contributed by atoms with van der Waals surface area (Å²) in [7, 11) is -3.69. The molecule has 0 bridgehead atoms. The van der Waals surface area contributed by atoms with E-state index in [1.165, 1.54) is 17.4 Å². The van der Waals surface area contributed by atoms with Crippen LogP contribution < -0.4 is 4.72 Å². The van der Waals surface area contributed by atoms with Crippen molar-refractivity contribution in [2.24, 2.45) is 0 Å². The van der Waals surface area contributed by atoms with Crippen molar-refractivity contribution in [3.63, 3.8) is 0 Å². The van der Waals surface area contributed by atoms with Gasteiger partial charge in [0.15, 0.2) is 5.13 Å². The van der Waals surface area contributed by atoms with Crippen LogP contribution in [0.4, 0.5) is 5.13 Å². The van der Waals surface area contributed by atoms with Gasteiger partial charge in [0, 0.05) is 15.8 Å². The van der Waals surface area contributed by atoms with Crippen molar-refractivity contribution in [3.05, 3.63) is 39.9 Å². The van der Waals surface area contributed by atoms with E-state index in [0.29, 0.717) is 15.7 Å². The van der Waals surface area contributed by atoms with Crippen LogP contribution in [0.3, 0.4) is 0 Å². The predicted molar refractivity (Wildman–Crippen MR) is 87.8 cm³/mol. The van der Waals surface area contributed by atoms with Crippen molar-refractivity contribution in [2.75, 3.05) is 4.72 Å². The number of halogens is 1. The molecule has 1 aromatic carbocycles. The predicted octanol–water partition coefficient (Wildman–Crippen LogP) is 4.20. The summed E-state index contributed by atoms with van der Waals surface area (Å²) in [5.74, 6) is 0. The third kappa shape index (κ3) is 3.56. The van der Waals surface area contributed by atoms with Crippen LogP contribution in [0.1, 0.15) is 32.0 Å². The number of anilines is 1. The second-order valence-electron chi connectivity index (χ2n) is 5.76. The molecule has 4 nitrogen and oxygen atoms in total. The molecule has 0 aliphatic rings. The van der Waals surface area contributed by atoms with Gasteiger partial charge < -0.3 is 0 Å². The van der Waals surface area contributed by atoms with Gasteiger partial charge >= 0.3 is 0 Å². The molecule has 7 heteroatoms. The Morgan fingerprint density at radius 3 is 2.52 bits per heavy atom. The van der Waals surface area contributed by atoms with Crippen LogP contribution in [-0.2, 0) is 15.4 Å². The van der Waals surface area contributed by atoms with Crippen molar-refractivity contribution in [3.8, 4) is 0 Å². The largest absolute Gasteiger partial charge is 0.263 e. The Morgan fingerprint density at radius 2 is 1.95 bits per heavy atom. The van der Waals surface area contributed by atoms with Gasteiger partial charge in [0.05, 0.1) is 10.6 Å². The van der Waals surface area contributed by atoms with E-state index >= 15 is 0 Å². The molecule has 0 unspecified atom stereocenters. The molecular weight excluding hydrogens is 328 g/mol. The Morgan fingerprint density at radius 1 is 1.29 bits per heavy atom. The summed E-state index contributed by atoms with van der Waals surface area (Å²) in [4.78, 5) is 4.51. The third-order valence-electron chi connectivity index (χ3n) is 3.00. The van der Waals surface area contributed by atoms with E-state index in [1.807, 2.05) is 26.2 Å². The van der Waals surface area contributed by atoms with Crippen LogP contribution in [0.2, 0.25) is 5.02 Å². The molecule has 1 aromatic heterocycles. The zero-order chi connectivity index (χ0) is 15.8. The first-order valence-corrected chi connectivity index (χ1v) is 9.09. The minimum Gasteiger partial charge on any atom is -0.255 e. The van der Waals surface area contributed by atoms with E-state index in [0.717, 1.165) is 5.69 Å². The lowest BCUT2D eigenvalue weighted by atomic mass is 9.93. The highest BCUT2D eigenvalue weighted by Crippen LogP contribution is 2.29. The third-order valence-corrected chi connectivity index (χ3v) is 5.78. The maximum Gasteiger partial charge on any atom is 0.263 e. The van der Waals surface area contributed by atoms with Crippen LogP contribution in [0.15, 0.2) is 28.5 Å². The molecular formula is C14H17ClN2O2S2. The Hall–Kier alpha value is -1.11. The molecule has 0 spiro atoms. The number of rotatable bonds is 3. The topological polar surface area (TPSA) is 59.1 Å². The highest BCUT2D eigenvalue weighted by molar-refractivity contribution is 7.93. The van der Waals surface area contributed by atoms with Crippen LogP contribution >= 0.6 is 22.9 Å². The fourth-order valence-electron chi connectivity index (χ4n) is 1.71. The first-order valence-electron chi connectivity index (χ1n) is 6.35. The number of aromatic nitrogens is 1. The number of hydrogen-bond acceptors (Lipinski definition) is 4. The Balaban J connectivity index is 2.34. The SMILES string of the molecule is Cc1c(Cl)cccc1S(=O)(=O)Nc1nc(C(C)(C)C)cs1. The van der Waals surface area contributed by atoms with Crippen molar-refractivity contribution < 1.29 is 8.42 Å². The van der Waals surface area contributed by atoms with Crippen molar-refractivity contribution in [1.29, 1.82) is 0 Å². The van der Waals surface area contributed by atoms with E-state index in [4.69, 9.17) is 11.6 Å². The summed E-state index contributed by atoms with van der Waals surface area (Å²) < 4.78 is 27.4. The van der Waals surface area contributed by atoms with Gasteiger partial charge in [-0.3, -0.25) is 4.72 Å². The Kier molecular flexibility index (Phi) is 4.33. The number of nitrogens with one attached hydrogen (secondary N) is 1. The normalized spacial score (nSPS) is 12.4. The number of sulfonamides is 1. The zero-order valence-corrected chi connectivity index (χ0v) is 14.7. The van der Waals surface area contributed by atoms with E-state index in [2.05, 4.69) is 9.71 Å². The molecule has 114 valence electrons. The molecule has 1 N–H and O–H groups in total. The van der Waals surface area contributed by atoms with Gasteiger partial charge in [-0.05, 0) is 24.6 Å². The fourth-order valence-corrected chi connectivity index (χ4v) is 4.40. The zero-order valence-electron chi connectivity index (χ0n) is 12.3. The minimum absolute atomic E-state index is 0.119. The summed E-state index contributed by atoms with van der Waals surface area (Å²) in [6, 6.07) is 4.81. The Labute approximate surface area is 134 Å². The standard InChI is InChI=1S/C14H17ClN2O2S2/c1-9-10(15)6-5-7-11(9)21(18,19)17-13-16-12(8-20-13)14(2,3)4/h5-8H,1-4H3,(H,16,17). The van der Waals surface area contributed by atoms with Gasteiger partial charge in [0.25, 0.3) is 10.0 Å². The molecule has 2 aromatic rings. The Bertz CT molecular complexity index is 762. The van der Waals surface area contributed by atoms with Gasteiger partial charge in [-0.2, -0.15) is 0 Å². The van der Waals surface area contributed by atoms with Gasteiger partial charge in [-0.25, -0.2) is 13.4 Å². The molecule has 21 heavy (non-hydrogen) atoms. The van der Waals surface area contributed by atoms with E-state index < -0.39 is 10.0 Å². The summed E-state index contributed by atoms with van der Waals surface area (Å²) in [5, 5.41) is 2.65. The minimum atomic E-state index is -3.69. The summed E-state index contributed by atoms with van der Waals surface area (Å²) in [6.45, 7) is 7.77. The van der Waals surface area contributed by atoms with Gasteiger partial charge in [-0.1, -0.05) is 38.4 Å². The van der Waals surface area contributed by atoms with Crippen molar-refractivity contribution in [1.82, 2.24) is 4.98 Å². The lowest BCUT2D eigenvalue weighted by molar-refractivity contribution is 0.573. The highest BCUT2D eigenvalue weighted by Gasteiger charge is 2.22. The average Bonchev–Trinajstić information content (AvgIpc) is 2.80. The summed E-state index contributed by atoms with van der Waals surface area (Å²) >= 11 is 7.26. The van der Waals surface area contributed by atoms with Gasteiger partial charge in [-0.15, -0.1) is 11.3 Å². The van der Waals surface area contributed by atoms with Crippen LogP contribution in [-0.4, -0.2) is 13.4 Å². The molecule has 0 saturated heterocycles. The molecule has 0 amide bonds. The second-order valence-corrected chi connectivity index (χ2v) is 8.67. The molecule has 0 atom stereocenters. The van der Waals surface area contributed by atoms with Crippen molar-refractivity contribution in [2.45, 2.75) is 38.0 Å². The van der Waals surface area contributed by atoms with Crippen LogP contribution in [0.25, 0.3) is 0 Å². The first-order chi connectivity index (χ1) is 9.61. The number of benzene rings is 1. The number of hydrogen-bond donors (Lipinski definition) is 1. The first kappa shape index (κ1) is 16.3. The molecule has 0 aliphatic heterocycles. The lowest BCUT2D eigenvalue weighted by Crippen LogP contribution is -2.15. The summed E-state index contributed by atoms with van der Waals surface area (Å²) in [5.41, 5.74) is 1.26. The molecule has 0 radical (unpaired) electrons. The monoisotopic (exact) mass is 344 g/mol. The van der Waals surface area contributed by atoms with Crippen molar-refractivity contribution >= 4 is 38.1 Å². The van der Waals surface area contributed by atoms with Crippen LogP contribution in [0, 0.1) is 6.92 Å². The number of thiazole rings is 1. The number of nitrogens with zero attached hydrogens (tertiary/aromatic N) is 1. The fraction of sp³-hybridized carbons (Fsp3) is 0.357. The molecule has 0 fully saturated rings. The van der Waals surface area contributed by atoms with Gasteiger partial charge in [0.2, 0.25) is 0 Å². The summed E-state index contributed by atoms with van der Waals surface area (Å²) in [6.07, 6.45) is 0. The molecule has 0 aliphatic carbocycles. The molecule has 0 saturated carbocycles. The van der Waals surface area contributed by atoms with E-state index in [-0.39, 0.29) is 10.3 Å². The quantitative estimate of drug-likeness (QED) is 0.907. The van der Waals surface area contributed by atoms with E-state index in [1.54, 1.807) is 19.1 Å². The molecule has 2 rings (SSSR count). The van der Waals surface area contributed by atoms with Crippen LogP contribution in [0.5, 0.6) is 0 Å². The smallest absolute Gasteiger partial charge is 0.255 e. The molecule has 1 heterocycles. The maximum atomic E-state index is 12.4.